The number of aromatic amines is 1. The van der Waals surface area contributed by atoms with Crippen LogP contribution in [0.25, 0.3) is 0 Å². The van der Waals surface area contributed by atoms with E-state index < -0.39 is 6.04 Å². The summed E-state index contributed by atoms with van der Waals surface area (Å²) < 4.78 is 10.5. The molecule has 1 saturated heterocycles. The van der Waals surface area contributed by atoms with Crippen molar-refractivity contribution < 1.29 is 24.0 Å². The van der Waals surface area contributed by atoms with Crippen molar-refractivity contribution in [1.82, 2.24) is 10.6 Å². The maximum absolute atomic E-state index is 12.8. The van der Waals surface area contributed by atoms with Crippen molar-refractivity contribution >= 4 is 17.6 Å². The van der Waals surface area contributed by atoms with Gasteiger partial charge < -0.3 is 20.1 Å². The molecule has 0 aliphatic carbocycles. The second-order valence-electron chi connectivity index (χ2n) is 7.82. The van der Waals surface area contributed by atoms with Gasteiger partial charge in [0.2, 0.25) is 5.91 Å². The predicted molar refractivity (Wildman–Crippen MR) is 117 cm³/mol. The van der Waals surface area contributed by atoms with Crippen LogP contribution in [0.2, 0.25) is 0 Å². The average molecular weight is 428 g/mol. The van der Waals surface area contributed by atoms with E-state index in [0.29, 0.717) is 17.9 Å². The molecule has 1 aliphatic heterocycles. The Morgan fingerprint density at radius 3 is 2.42 bits per heavy atom. The summed E-state index contributed by atoms with van der Waals surface area (Å²) in [5.41, 5.74) is 1.43. The van der Waals surface area contributed by atoms with Gasteiger partial charge in [0.25, 0.3) is 11.7 Å². The fourth-order valence-corrected chi connectivity index (χ4v) is 3.36. The number of anilines is 1. The molecule has 0 spiro atoms. The average Bonchev–Trinajstić information content (AvgIpc) is 2.81. The van der Waals surface area contributed by atoms with Crippen molar-refractivity contribution in [3.63, 3.8) is 0 Å². The molecule has 2 heterocycles. The van der Waals surface area contributed by atoms with E-state index in [9.17, 15) is 9.59 Å². The van der Waals surface area contributed by atoms with Crippen molar-refractivity contribution in [1.29, 1.82) is 0 Å². The van der Waals surface area contributed by atoms with E-state index in [1.807, 2.05) is 32.2 Å². The highest BCUT2D eigenvalue weighted by molar-refractivity contribution is 5.97. The number of carbonyl (C=O) groups excluding carboxylic acids is 2. The first-order valence-corrected chi connectivity index (χ1v) is 10.5. The van der Waals surface area contributed by atoms with Crippen LogP contribution in [0.1, 0.15) is 29.8 Å². The monoisotopic (exact) mass is 427 g/mol. The molecule has 3 rings (SSSR count). The molecule has 0 radical (unpaired) electrons. The number of nitrogens with one attached hydrogen (secondary N) is 3. The first-order chi connectivity index (χ1) is 15.0. The Morgan fingerprint density at radius 1 is 1.13 bits per heavy atom. The number of ether oxygens (including phenoxy) is 2. The van der Waals surface area contributed by atoms with Gasteiger partial charge in [-0.3, -0.25) is 14.5 Å². The number of aromatic nitrogens is 1. The lowest BCUT2D eigenvalue weighted by Crippen LogP contribution is -2.49. The number of rotatable bonds is 8. The van der Waals surface area contributed by atoms with E-state index in [-0.39, 0.29) is 17.7 Å². The van der Waals surface area contributed by atoms with Crippen LogP contribution in [0, 0.1) is 5.92 Å². The highest BCUT2D eigenvalue weighted by Crippen LogP contribution is 2.13. The smallest absolute Gasteiger partial charge is 0.274 e. The van der Waals surface area contributed by atoms with E-state index >= 15 is 0 Å². The molecule has 31 heavy (non-hydrogen) atoms. The molecule has 1 aromatic heterocycles. The number of pyridine rings is 1. The minimum absolute atomic E-state index is 0.0579. The topological polar surface area (TPSA) is 94.0 Å². The summed E-state index contributed by atoms with van der Waals surface area (Å²) in [7, 11) is 1.57. The Morgan fingerprint density at radius 2 is 1.84 bits per heavy atom. The van der Waals surface area contributed by atoms with Crippen LogP contribution in [0.3, 0.4) is 0 Å². The third kappa shape index (κ3) is 6.18. The largest absolute Gasteiger partial charge is 0.497 e. The van der Waals surface area contributed by atoms with Gasteiger partial charge in [0.05, 0.1) is 26.5 Å². The van der Waals surface area contributed by atoms with Gasteiger partial charge in [-0.05, 0) is 36.2 Å². The van der Waals surface area contributed by atoms with Crippen LogP contribution in [0.15, 0.2) is 42.6 Å². The molecule has 166 valence electrons. The van der Waals surface area contributed by atoms with Crippen molar-refractivity contribution in [3.05, 3.63) is 53.7 Å². The highest BCUT2D eigenvalue weighted by Gasteiger charge is 2.25. The summed E-state index contributed by atoms with van der Waals surface area (Å²) in [5.74, 6) is 1.14. The van der Waals surface area contributed by atoms with Gasteiger partial charge >= 0.3 is 0 Å². The molecule has 2 aromatic rings. The second kappa shape index (κ2) is 10.8. The lowest BCUT2D eigenvalue weighted by Gasteiger charge is -2.22. The van der Waals surface area contributed by atoms with Crippen LogP contribution < -0.4 is 25.3 Å². The third-order valence-electron chi connectivity index (χ3n) is 5.27. The number of nitrogens with zero attached hydrogens (tertiary/aromatic N) is 1. The Hall–Kier alpha value is -3.13. The zero-order valence-corrected chi connectivity index (χ0v) is 18.3. The molecular formula is C23H31N4O4+. The van der Waals surface area contributed by atoms with Crippen LogP contribution in [0.5, 0.6) is 5.75 Å². The van der Waals surface area contributed by atoms with Crippen LogP contribution in [-0.2, 0) is 16.1 Å². The predicted octanol–water partition coefficient (Wildman–Crippen LogP) is 1.42. The van der Waals surface area contributed by atoms with Gasteiger partial charge in [-0.15, -0.1) is 0 Å². The van der Waals surface area contributed by atoms with Gasteiger partial charge in [0.1, 0.15) is 24.9 Å². The van der Waals surface area contributed by atoms with Gasteiger partial charge in [0, 0.05) is 23.7 Å². The molecular weight excluding hydrogens is 396 g/mol. The molecule has 0 saturated carbocycles. The van der Waals surface area contributed by atoms with Gasteiger partial charge in [-0.25, -0.2) is 4.98 Å². The summed E-state index contributed by atoms with van der Waals surface area (Å²) in [5, 5.41) is 5.77. The minimum atomic E-state index is -0.633. The van der Waals surface area contributed by atoms with E-state index in [2.05, 4.69) is 20.5 Å². The number of hydrogen-bond acceptors (Lipinski definition) is 5. The third-order valence-corrected chi connectivity index (χ3v) is 5.27. The quantitative estimate of drug-likeness (QED) is 0.665. The Labute approximate surface area is 182 Å². The first-order valence-electron chi connectivity index (χ1n) is 10.5. The van der Waals surface area contributed by atoms with E-state index in [4.69, 9.17) is 9.47 Å². The SMILES string of the molecule is COc1ccc(C(=O)NC(C(=O)NCc2ccc(N3CCOCC3)[nH+]c2)C(C)C)cc1. The standard InChI is InChI=1S/C23H30N4O4/c1-16(2)21(26-22(28)18-5-7-19(30-3)8-6-18)23(29)25-15-17-4-9-20(24-14-17)27-10-12-31-13-11-27/h4-9,14,16,21H,10-13,15H2,1-3H3,(H,25,29)(H,26,28)/p+1. The fourth-order valence-electron chi connectivity index (χ4n) is 3.36. The van der Waals surface area contributed by atoms with E-state index in [1.54, 1.807) is 31.4 Å². The van der Waals surface area contributed by atoms with Crippen molar-refractivity contribution in [2.24, 2.45) is 5.92 Å². The van der Waals surface area contributed by atoms with E-state index in [1.165, 1.54) is 0 Å². The summed E-state index contributed by atoms with van der Waals surface area (Å²) in [6, 6.07) is 10.2. The molecule has 1 aliphatic rings. The summed E-state index contributed by atoms with van der Waals surface area (Å²) in [6.07, 6.45) is 1.89. The van der Waals surface area contributed by atoms with Gasteiger partial charge in [0.15, 0.2) is 0 Å². The molecule has 1 fully saturated rings. The molecule has 8 heteroatoms. The molecule has 1 aromatic carbocycles. The zero-order chi connectivity index (χ0) is 22.2. The molecule has 8 nitrogen and oxygen atoms in total. The Bertz CT molecular complexity index is 862. The zero-order valence-electron chi connectivity index (χ0n) is 18.3. The molecule has 3 N–H and O–H groups in total. The number of benzene rings is 1. The van der Waals surface area contributed by atoms with Crippen molar-refractivity contribution in [2.45, 2.75) is 26.4 Å². The number of H-pyrrole nitrogens is 1. The normalized spacial score (nSPS) is 14.8. The molecule has 2 amide bonds. The lowest BCUT2D eigenvalue weighted by molar-refractivity contribution is -0.365. The fraction of sp³-hybridized carbons (Fsp3) is 0.435. The maximum atomic E-state index is 12.8. The number of methoxy groups -OCH3 is 1. The number of hydrogen-bond donors (Lipinski definition) is 2. The highest BCUT2D eigenvalue weighted by atomic mass is 16.5. The molecule has 1 atom stereocenters. The Kier molecular flexibility index (Phi) is 7.83. The minimum Gasteiger partial charge on any atom is -0.497 e. The first kappa shape index (κ1) is 22.6. The Balaban J connectivity index is 1.55. The van der Waals surface area contributed by atoms with Crippen LogP contribution >= 0.6 is 0 Å². The van der Waals surface area contributed by atoms with Crippen molar-refractivity contribution in [3.8, 4) is 5.75 Å². The van der Waals surface area contributed by atoms with Crippen LogP contribution in [0.4, 0.5) is 5.82 Å². The number of morpholine rings is 1. The van der Waals surface area contributed by atoms with Gasteiger partial charge in [-0.2, -0.15) is 0 Å². The van der Waals surface area contributed by atoms with Crippen LogP contribution in [-0.4, -0.2) is 51.3 Å². The van der Waals surface area contributed by atoms with E-state index in [0.717, 1.165) is 37.7 Å². The molecule has 1 unspecified atom stereocenters. The van der Waals surface area contributed by atoms with Gasteiger partial charge in [-0.1, -0.05) is 13.8 Å². The number of carbonyl (C=O) groups is 2. The number of amides is 2. The second-order valence-corrected chi connectivity index (χ2v) is 7.82. The lowest BCUT2D eigenvalue weighted by atomic mass is 10.0. The maximum Gasteiger partial charge on any atom is 0.274 e. The summed E-state index contributed by atoms with van der Waals surface area (Å²) in [6.45, 7) is 7.36. The van der Waals surface area contributed by atoms with Crippen molar-refractivity contribution in [2.75, 3.05) is 38.3 Å². The summed E-state index contributed by atoms with van der Waals surface area (Å²) >= 11 is 0. The molecule has 0 bridgehead atoms. The summed E-state index contributed by atoms with van der Waals surface area (Å²) in [4.78, 5) is 30.9.